The van der Waals surface area contributed by atoms with Crippen molar-refractivity contribution in [3.05, 3.63) is 66.0 Å². The van der Waals surface area contributed by atoms with Gasteiger partial charge in [-0.15, -0.1) is 4.68 Å². The molecule has 0 bridgehead atoms. The normalized spacial score (nSPS) is 10.6. The van der Waals surface area contributed by atoms with Gasteiger partial charge in [0.2, 0.25) is 12.2 Å². The smallest absolute Gasteiger partial charge is 0.325 e. The fourth-order valence-corrected chi connectivity index (χ4v) is 3.07. The van der Waals surface area contributed by atoms with Crippen molar-refractivity contribution in [1.82, 2.24) is 10.1 Å². The number of nitrogens with one attached hydrogen (secondary N) is 2. The third-order valence-corrected chi connectivity index (χ3v) is 4.73. The summed E-state index contributed by atoms with van der Waals surface area (Å²) in [5, 5.41) is 6.78. The van der Waals surface area contributed by atoms with Crippen molar-refractivity contribution in [3.8, 4) is 5.69 Å². The molecule has 1 aromatic heterocycles. The summed E-state index contributed by atoms with van der Waals surface area (Å²) < 4.78 is 1.86. The molecular formula is C18H19N4OS+. The van der Waals surface area contributed by atoms with Gasteiger partial charge >= 0.3 is 5.16 Å². The summed E-state index contributed by atoms with van der Waals surface area (Å²) >= 11 is 1.39. The molecule has 5 nitrogen and oxygen atoms in total. The maximum Gasteiger partial charge on any atom is 0.385 e. The number of aryl methyl sites for hydroxylation is 1. The van der Waals surface area contributed by atoms with Crippen LogP contribution in [-0.4, -0.2) is 21.7 Å². The quantitative estimate of drug-likeness (QED) is 0.555. The zero-order valence-electron chi connectivity index (χ0n) is 13.6. The maximum atomic E-state index is 12.2. The van der Waals surface area contributed by atoms with E-state index in [0.29, 0.717) is 5.75 Å². The van der Waals surface area contributed by atoms with Crippen LogP contribution < -0.4 is 10.00 Å². The molecule has 1 heterocycles. The first kappa shape index (κ1) is 16.3. The summed E-state index contributed by atoms with van der Waals surface area (Å²) in [6.45, 7) is 4.04. The van der Waals surface area contributed by atoms with Crippen LogP contribution in [0, 0.1) is 13.8 Å². The number of hydrogen-bond acceptors (Lipinski definition) is 3. The summed E-state index contributed by atoms with van der Waals surface area (Å²) in [5.41, 5.74) is 4.09. The van der Waals surface area contributed by atoms with E-state index in [-0.39, 0.29) is 5.91 Å². The van der Waals surface area contributed by atoms with Crippen LogP contribution in [-0.2, 0) is 4.79 Å². The number of aromatic amines is 1. The molecule has 3 rings (SSSR count). The highest BCUT2D eigenvalue weighted by Crippen LogP contribution is 2.19. The SMILES string of the molecule is Cc1cccc(NC(=O)CSc2nc[nH][n+]2-c2ccccc2)c1C. The van der Waals surface area contributed by atoms with Gasteiger partial charge in [0, 0.05) is 5.69 Å². The molecule has 2 aromatic carbocycles. The van der Waals surface area contributed by atoms with E-state index in [9.17, 15) is 4.79 Å². The average molecular weight is 339 g/mol. The fraction of sp³-hybridized carbons (Fsp3) is 0.167. The summed E-state index contributed by atoms with van der Waals surface area (Å²) in [7, 11) is 0. The molecule has 6 heteroatoms. The van der Waals surface area contributed by atoms with Gasteiger partial charge in [-0.2, -0.15) is 5.10 Å². The highest BCUT2D eigenvalue weighted by Gasteiger charge is 2.18. The summed E-state index contributed by atoms with van der Waals surface area (Å²) in [4.78, 5) is 16.5. The minimum atomic E-state index is -0.0451. The zero-order valence-corrected chi connectivity index (χ0v) is 14.4. The van der Waals surface area contributed by atoms with Crippen LogP contribution in [0.4, 0.5) is 5.69 Å². The zero-order chi connectivity index (χ0) is 16.9. The molecule has 0 radical (unpaired) electrons. The van der Waals surface area contributed by atoms with Crippen LogP contribution in [0.25, 0.3) is 5.69 Å². The number of carbonyl (C=O) groups is 1. The number of hydrogen-bond donors (Lipinski definition) is 2. The van der Waals surface area contributed by atoms with Crippen molar-refractivity contribution >= 4 is 23.4 Å². The first-order valence-electron chi connectivity index (χ1n) is 7.65. The van der Waals surface area contributed by atoms with Crippen molar-refractivity contribution in [1.29, 1.82) is 0 Å². The predicted molar refractivity (Wildman–Crippen MR) is 95.4 cm³/mol. The summed E-state index contributed by atoms with van der Waals surface area (Å²) in [6.07, 6.45) is 1.62. The second-order valence-electron chi connectivity index (χ2n) is 5.43. The number of thioether (sulfide) groups is 1. The van der Waals surface area contributed by atoms with Crippen LogP contribution in [0.5, 0.6) is 0 Å². The van der Waals surface area contributed by atoms with E-state index in [1.807, 2.05) is 67.1 Å². The molecular weight excluding hydrogens is 320 g/mol. The minimum Gasteiger partial charge on any atom is -0.325 e. The number of amides is 1. The number of nitrogens with zero attached hydrogens (tertiary/aromatic N) is 2. The Morgan fingerprint density at radius 2 is 1.96 bits per heavy atom. The van der Waals surface area contributed by atoms with Gasteiger partial charge in [0.05, 0.1) is 5.75 Å². The van der Waals surface area contributed by atoms with E-state index in [1.54, 1.807) is 6.33 Å². The molecule has 0 unspecified atom stereocenters. The van der Waals surface area contributed by atoms with Crippen LogP contribution in [0.3, 0.4) is 0 Å². The van der Waals surface area contributed by atoms with E-state index in [0.717, 1.165) is 27.7 Å². The topological polar surface area (TPSA) is 61.7 Å². The Labute approximate surface area is 145 Å². The Kier molecular flexibility index (Phi) is 4.96. The molecule has 0 saturated carbocycles. The number of anilines is 1. The molecule has 24 heavy (non-hydrogen) atoms. The van der Waals surface area contributed by atoms with E-state index in [1.165, 1.54) is 11.8 Å². The lowest BCUT2D eigenvalue weighted by Gasteiger charge is -2.09. The minimum absolute atomic E-state index is 0.0451. The summed E-state index contributed by atoms with van der Waals surface area (Å²) in [6, 6.07) is 15.8. The van der Waals surface area contributed by atoms with Gasteiger partial charge in [-0.05, 0) is 59.9 Å². The first-order chi connectivity index (χ1) is 11.6. The molecule has 0 fully saturated rings. The Morgan fingerprint density at radius 1 is 1.17 bits per heavy atom. The molecule has 3 aromatic rings. The monoisotopic (exact) mass is 339 g/mol. The molecule has 122 valence electrons. The lowest BCUT2D eigenvalue weighted by molar-refractivity contribution is -0.694. The number of carbonyl (C=O) groups excluding carboxylic acids is 1. The molecule has 0 aliphatic carbocycles. The Bertz CT molecular complexity index is 845. The Balaban J connectivity index is 1.65. The third-order valence-electron chi connectivity index (χ3n) is 3.78. The second kappa shape index (κ2) is 7.31. The number of aromatic nitrogens is 3. The Morgan fingerprint density at radius 3 is 2.75 bits per heavy atom. The van der Waals surface area contributed by atoms with Gasteiger partial charge in [-0.3, -0.25) is 4.79 Å². The molecule has 0 atom stereocenters. The van der Waals surface area contributed by atoms with Crippen molar-refractivity contribution in [3.63, 3.8) is 0 Å². The number of benzene rings is 2. The fourth-order valence-electron chi connectivity index (χ4n) is 2.32. The van der Waals surface area contributed by atoms with Gasteiger partial charge in [0.25, 0.3) is 0 Å². The van der Waals surface area contributed by atoms with Gasteiger partial charge in [-0.1, -0.05) is 30.3 Å². The van der Waals surface area contributed by atoms with Crippen LogP contribution in [0.15, 0.2) is 60.0 Å². The first-order valence-corrected chi connectivity index (χ1v) is 8.63. The summed E-state index contributed by atoms with van der Waals surface area (Å²) in [5.74, 6) is 0.252. The van der Waals surface area contributed by atoms with Gasteiger partial charge in [-0.25, -0.2) is 0 Å². The van der Waals surface area contributed by atoms with E-state index in [2.05, 4.69) is 15.4 Å². The van der Waals surface area contributed by atoms with Crippen LogP contribution >= 0.6 is 11.8 Å². The van der Waals surface area contributed by atoms with Gasteiger partial charge in [0.15, 0.2) is 5.69 Å². The predicted octanol–water partition coefficient (Wildman–Crippen LogP) is 3.03. The molecule has 2 N–H and O–H groups in total. The molecule has 0 aliphatic rings. The molecule has 0 aliphatic heterocycles. The molecule has 1 amide bonds. The van der Waals surface area contributed by atoms with Crippen molar-refractivity contribution in [2.75, 3.05) is 11.1 Å². The maximum absolute atomic E-state index is 12.2. The third kappa shape index (κ3) is 3.65. The second-order valence-corrected chi connectivity index (χ2v) is 6.37. The molecule has 0 saturated heterocycles. The number of para-hydroxylation sites is 1. The largest absolute Gasteiger partial charge is 0.385 e. The highest BCUT2D eigenvalue weighted by molar-refractivity contribution is 7.99. The van der Waals surface area contributed by atoms with E-state index >= 15 is 0 Å². The highest BCUT2D eigenvalue weighted by atomic mass is 32.2. The lowest BCUT2D eigenvalue weighted by atomic mass is 10.1. The van der Waals surface area contributed by atoms with Gasteiger partial charge in [0.1, 0.15) is 0 Å². The van der Waals surface area contributed by atoms with Crippen molar-refractivity contribution < 1.29 is 9.48 Å². The van der Waals surface area contributed by atoms with E-state index in [4.69, 9.17) is 0 Å². The number of rotatable bonds is 5. The number of H-pyrrole nitrogens is 1. The molecule has 0 spiro atoms. The standard InChI is InChI=1S/C18H18N4OS/c1-13-7-6-10-16(14(13)2)21-17(23)11-24-18-19-12-20-22(18)15-8-4-3-5-9-15/h3-10,12H,11H2,1-2H3,(H,21,23)/p+1. The van der Waals surface area contributed by atoms with Crippen molar-refractivity contribution in [2.24, 2.45) is 0 Å². The van der Waals surface area contributed by atoms with E-state index < -0.39 is 0 Å². The van der Waals surface area contributed by atoms with Crippen molar-refractivity contribution in [2.45, 2.75) is 19.0 Å². The van der Waals surface area contributed by atoms with Crippen LogP contribution in [0.2, 0.25) is 0 Å². The van der Waals surface area contributed by atoms with Gasteiger partial charge < -0.3 is 5.32 Å². The van der Waals surface area contributed by atoms with Crippen LogP contribution in [0.1, 0.15) is 11.1 Å². The average Bonchev–Trinajstić information content (AvgIpc) is 3.06. The Hall–Kier alpha value is -2.60. The lowest BCUT2D eigenvalue weighted by Crippen LogP contribution is -2.35.